The third kappa shape index (κ3) is 6.06. The summed E-state index contributed by atoms with van der Waals surface area (Å²) in [5.74, 6) is 1.24. The Kier molecular flexibility index (Phi) is 8.37. The molecule has 1 saturated heterocycles. The highest BCUT2D eigenvalue weighted by atomic mass is 16.5. The SMILES string of the molecule is CCOC(=O)C1CCN(C(=O)c2ccc(OCC)c(COc3cc(C)cc(C)c3C)c2)CC1. The van der Waals surface area contributed by atoms with E-state index in [9.17, 15) is 9.59 Å². The van der Waals surface area contributed by atoms with E-state index in [0.717, 1.165) is 28.2 Å². The van der Waals surface area contributed by atoms with Gasteiger partial charge >= 0.3 is 5.97 Å². The fraction of sp³-hybridized carbons (Fsp3) is 0.481. The molecule has 1 amide bonds. The van der Waals surface area contributed by atoms with Gasteiger partial charge in [-0.1, -0.05) is 6.07 Å². The maximum atomic E-state index is 13.2. The van der Waals surface area contributed by atoms with E-state index in [1.807, 2.05) is 43.9 Å². The Morgan fingerprint density at radius 2 is 1.67 bits per heavy atom. The zero-order chi connectivity index (χ0) is 24.0. The van der Waals surface area contributed by atoms with E-state index in [1.54, 1.807) is 6.07 Å². The molecule has 1 aliphatic rings. The number of ether oxygens (including phenoxy) is 3. The second kappa shape index (κ2) is 11.2. The second-order valence-electron chi connectivity index (χ2n) is 8.57. The van der Waals surface area contributed by atoms with Crippen LogP contribution in [0.25, 0.3) is 0 Å². The van der Waals surface area contributed by atoms with E-state index in [1.165, 1.54) is 5.56 Å². The predicted octanol–water partition coefficient (Wildman–Crippen LogP) is 5.00. The Labute approximate surface area is 196 Å². The van der Waals surface area contributed by atoms with E-state index >= 15 is 0 Å². The van der Waals surface area contributed by atoms with Crippen molar-refractivity contribution in [3.05, 3.63) is 58.1 Å². The summed E-state index contributed by atoms with van der Waals surface area (Å²) in [5, 5.41) is 0. The van der Waals surface area contributed by atoms with Gasteiger partial charge in [0.1, 0.15) is 18.1 Å². The van der Waals surface area contributed by atoms with Crippen LogP contribution in [0.1, 0.15) is 59.3 Å². The van der Waals surface area contributed by atoms with Crippen molar-refractivity contribution >= 4 is 11.9 Å². The first-order valence-corrected chi connectivity index (χ1v) is 11.8. The third-order valence-corrected chi connectivity index (χ3v) is 6.16. The van der Waals surface area contributed by atoms with Crippen molar-refractivity contribution in [1.82, 2.24) is 4.90 Å². The minimum Gasteiger partial charge on any atom is -0.493 e. The summed E-state index contributed by atoms with van der Waals surface area (Å²) in [6.07, 6.45) is 1.26. The summed E-state index contributed by atoms with van der Waals surface area (Å²) < 4.78 is 17.1. The van der Waals surface area contributed by atoms with Crippen LogP contribution >= 0.6 is 0 Å². The molecule has 2 aromatic carbocycles. The van der Waals surface area contributed by atoms with Crippen LogP contribution in [0, 0.1) is 26.7 Å². The Bertz CT molecular complexity index is 992. The molecule has 0 spiro atoms. The highest BCUT2D eigenvalue weighted by Gasteiger charge is 2.29. The van der Waals surface area contributed by atoms with Gasteiger partial charge in [-0.15, -0.1) is 0 Å². The molecule has 2 aromatic rings. The van der Waals surface area contributed by atoms with Crippen molar-refractivity contribution < 1.29 is 23.8 Å². The molecule has 1 fully saturated rings. The molecule has 0 unspecified atom stereocenters. The Morgan fingerprint density at radius 3 is 2.33 bits per heavy atom. The lowest BCUT2D eigenvalue weighted by Crippen LogP contribution is -2.40. The van der Waals surface area contributed by atoms with Crippen molar-refractivity contribution in [2.45, 2.75) is 54.1 Å². The number of carbonyl (C=O) groups excluding carboxylic acids is 2. The number of nitrogens with zero attached hydrogens (tertiary/aromatic N) is 1. The number of hydrogen-bond acceptors (Lipinski definition) is 5. The van der Waals surface area contributed by atoms with E-state index in [-0.39, 0.29) is 17.8 Å². The summed E-state index contributed by atoms with van der Waals surface area (Å²) in [5.41, 5.74) is 4.88. The van der Waals surface area contributed by atoms with Crippen molar-refractivity contribution in [2.24, 2.45) is 5.92 Å². The van der Waals surface area contributed by atoms with Gasteiger partial charge in [-0.05, 0) is 88.4 Å². The zero-order valence-electron chi connectivity index (χ0n) is 20.4. The third-order valence-electron chi connectivity index (χ3n) is 6.16. The first-order valence-electron chi connectivity index (χ1n) is 11.8. The number of aryl methyl sites for hydroxylation is 2. The van der Waals surface area contributed by atoms with E-state index in [0.29, 0.717) is 51.3 Å². The zero-order valence-corrected chi connectivity index (χ0v) is 20.4. The average molecular weight is 454 g/mol. The van der Waals surface area contributed by atoms with Crippen LogP contribution in [0.3, 0.4) is 0 Å². The maximum absolute atomic E-state index is 13.2. The van der Waals surface area contributed by atoms with Gasteiger partial charge < -0.3 is 19.1 Å². The van der Waals surface area contributed by atoms with Gasteiger partial charge in [0, 0.05) is 24.2 Å². The Balaban J connectivity index is 1.73. The molecule has 178 valence electrons. The normalized spacial score (nSPS) is 14.2. The molecule has 0 bridgehead atoms. The summed E-state index contributed by atoms with van der Waals surface area (Å²) in [6, 6.07) is 9.68. The van der Waals surface area contributed by atoms with Gasteiger partial charge in [-0.2, -0.15) is 0 Å². The molecule has 0 aliphatic carbocycles. The first kappa shape index (κ1) is 24.6. The lowest BCUT2D eigenvalue weighted by molar-refractivity contribution is -0.149. The fourth-order valence-corrected chi connectivity index (χ4v) is 4.19. The highest BCUT2D eigenvalue weighted by Crippen LogP contribution is 2.28. The molecular weight excluding hydrogens is 418 g/mol. The number of rotatable bonds is 8. The van der Waals surface area contributed by atoms with Crippen molar-refractivity contribution in [2.75, 3.05) is 26.3 Å². The largest absolute Gasteiger partial charge is 0.493 e. The molecule has 3 rings (SSSR count). The molecule has 33 heavy (non-hydrogen) atoms. The molecule has 6 heteroatoms. The summed E-state index contributed by atoms with van der Waals surface area (Å²) in [4.78, 5) is 27.0. The van der Waals surface area contributed by atoms with Gasteiger partial charge in [-0.3, -0.25) is 9.59 Å². The maximum Gasteiger partial charge on any atom is 0.309 e. The van der Waals surface area contributed by atoms with Crippen LogP contribution in [0.4, 0.5) is 0 Å². The number of hydrogen-bond donors (Lipinski definition) is 0. The summed E-state index contributed by atoms with van der Waals surface area (Å²) >= 11 is 0. The number of benzene rings is 2. The van der Waals surface area contributed by atoms with Crippen molar-refractivity contribution in [3.63, 3.8) is 0 Å². The summed E-state index contributed by atoms with van der Waals surface area (Å²) in [7, 11) is 0. The number of amides is 1. The molecule has 0 atom stereocenters. The number of carbonyl (C=O) groups is 2. The molecule has 0 N–H and O–H groups in total. The quantitative estimate of drug-likeness (QED) is 0.526. The molecule has 6 nitrogen and oxygen atoms in total. The molecule has 1 heterocycles. The van der Waals surface area contributed by atoms with Crippen LogP contribution in [-0.4, -0.2) is 43.1 Å². The standard InChI is InChI=1S/C27H35NO5/c1-6-31-24-9-8-22(26(29)28-12-10-21(11-13-28)27(30)32-7-2)16-23(24)17-33-25-15-18(3)14-19(4)20(25)5/h8-9,14-16,21H,6-7,10-13,17H2,1-5H3. The second-order valence-corrected chi connectivity index (χ2v) is 8.57. The average Bonchev–Trinajstić information content (AvgIpc) is 2.81. The van der Waals surface area contributed by atoms with Gasteiger partial charge in [0.05, 0.1) is 19.1 Å². The molecule has 0 aromatic heterocycles. The number of piperidine rings is 1. The van der Waals surface area contributed by atoms with Crippen molar-refractivity contribution in [3.8, 4) is 11.5 Å². The van der Waals surface area contributed by atoms with Crippen LogP contribution in [-0.2, 0) is 16.1 Å². The molecule has 0 saturated carbocycles. The van der Waals surface area contributed by atoms with Crippen LogP contribution in [0.5, 0.6) is 11.5 Å². The van der Waals surface area contributed by atoms with Gasteiger partial charge in [0.15, 0.2) is 0 Å². The fourth-order valence-electron chi connectivity index (χ4n) is 4.19. The minimum atomic E-state index is -0.160. The molecule has 0 radical (unpaired) electrons. The number of likely N-dealkylation sites (tertiary alicyclic amines) is 1. The van der Waals surface area contributed by atoms with Gasteiger partial charge in [0.25, 0.3) is 5.91 Å². The number of esters is 1. The molecule has 1 aliphatic heterocycles. The van der Waals surface area contributed by atoms with Crippen LogP contribution in [0.15, 0.2) is 30.3 Å². The van der Waals surface area contributed by atoms with Gasteiger partial charge in [0.2, 0.25) is 0 Å². The Morgan fingerprint density at radius 1 is 0.939 bits per heavy atom. The predicted molar refractivity (Wildman–Crippen MR) is 128 cm³/mol. The van der Waals surface area contributed by atoms with Crippen LogP contribution in [0.2, 0.25) is 0 Å². The van der Waals surface area contributed by atoms with Crippen LogP contribution < -0.4 is 9.47 Å². The van der Waals surface area contributed by atoms with E-state index in [4.69, 9.17) is 14.2 Å². The van der Waals surface area contributed by atoms with Crippen molar-refractivity contribution in [1.29, 1.82) is 0 Å². The van der Waals surface area contributed by atoms with E-state index < -0.39 is 0 Å². The summed E-state index contributed by atoms with van der Waals surface area (Å²) in [6.45, 7) is 12.2. The van der Waals surface area contributed by atoms with E-state index in [2.05, 4.69) is 19.9 Å². The lowest BCUT2D eigenvalue weighted by atomic mass is 9.96. The first-order chi connectivity index (χ1) is 15.8. The van der Waals surface area contributed by atoms with Gasteiger partial charge in [-0.25, -0.2) is 0 Å². The smallest absolute Gasteiger partial charge is 0.309 e. The topological polar surface area (TPSA) is 65.1 Å². The monoisotopic (exact) mass is 453 g/mol. The highest BCUT2D eigenvalue weighted by molar-refractivity contribution is 5.94. The lowest BCUT2D eigenvalue weighted by Gasteiger charge is -2.31. The Hall–Kier alpha value is -3.02. The molecular formula is C27H35NO5. The minimum absolute atomic E-state index is 0.0378.